The summed E-state index contributed by atoms with van der Waals surface area (Å²) in [5.74, 6) is 0.758. The lowest BCUT2D eigenvalue weighted by Crippen LogP contribution is -2.38. The summed E-state index contributed by atoms with van der Waals surface area (Å²) in [5, 5.41) is 11.2. The second-order valence-electron chi connectivity index (χ2n) is 5.91. The van der Waals surface area contributed by atoms with E-state index in [9.17, 15) is 5.26 Å². The summed E-state index contributed by atoms with van der Waals surface area (Å²) in [6, 6.07) is 10.2. The van der Waals surface area contributed by atoms with Gasteiger partial charge in [-0.1, -0.05) is 35.5 Å². The molecule has 1 aromatic carbocycles. The quantitative estimate of drug-likeness (QED) is 0.584. The fourth-order valence-corrected chi connectivity index (χ4v) is 3.55. The molecule has 1 aromatic heterocycles. The molecule has 0 N–H and O–H groups in total. The molecule has 6 heteroatoms. The molecule has 0 saturated carbocycles. The highest BCUT2D eigenvalue weighted by atomic mass is 35.5. The topological polar surface area (TPSA) is 52.8 Å². The monoisotopic (exact) mass is 358 g/mol. The number of aromatic nitrogens is 2. The van der Waals surface area contributed by atoms with Crippen molar-refractivity contribution < 1.29 is 0 Å². The average molecular weight is 359 g/mol. The molecule has 2 heterocycles. The number of benzene rings is 1. The van der Waals surface area contributed by atoms with Crippen molar-refractivity contribution in [2.75, 3.05) is 17.7 Å². The van der Waals surface area contributed by atoms with Gasteiger partial charge < -0.3 is 4.90 Å². The Morgan fingerprint density at radius 3 is 2.62 bits per heavy atom. The van der Waals surface area contributed by atoms with Crippen molar-refractivity contribution in [3.63, 3.8) is 0 Å². The van der Waals surface area contributed by atoms with Crippen LogP contribution >= 0.6 is 23.4 Å². The Morgan fingerprint density at radius 2 is 2.00 bits per heavy atom. The first-order chi connectivity index (χ1) is 11.6. The summed E-state index contributed by atoms with van der Waals surface area (Å²) in [6.07, 6.45) is 5.43. The van der Waals surface area contributed by atoms with Crippen LogP contribution in [0.25, 0.3) is 11.3 Å². The normalized spacial score (nSPS) is 17.6. The molecule has 0 radical (unpaired) electrons. The molecule has 1 fully saturated rings. The number of piperidine rings is 1. The zero-order valence-electron chi connectivity index (χ0n) is 13.8. The van der Waals surface area contributed by atoms with E-state index in [2.05, 4.69) is 27.9 Å². The predicted octanol–water partition coefficient (Wildman–Crippen LogP) is 4.77. The first-order valence-corrected chi connectivity index (χ1v) is 9.63. The molecule has 2 aromatic rings. The Labute approximate surface area is 151 Å². The highest BCUT2D eigenvalue weighted by Gasteiger charge is 2.25. The van der Waals surface area contributed by atoms with E-state index >= 15 is 0 Å². The number of anilines is 1. The number of nitrogens with zero attached hydrogens (tertiary/aromatic N) is 4. The van der Waals surface area contributed by atoms with Gasteiger partial charge in [0.15, 0.2) is 11.0 Å². The number of hydrogen-bond donors (Lipinski definition) is 0. The maximum absolute atomic E-state index is 9.81. The lowest BCUT2D eigenvalue weighted by molar-refractivity contribution is 0.479. The van der Waals surface area contributed by atoms with Crippen molar-refractivity contribution in [1.29, 1.82) is 5.26 Å². The molecule has 1 saturated heterocycles. The molecule has 3 rings (SSSR count). The highest BCUT2D eigenvalue weighted by Crippen LogP contribution is 2.33. The number of rotatable bonds is 3. The standard InChI is InChI=1S/C18H19ClN4S/c1-12-5-3-4-10-23(12)17-15(11-20)16(21-18(22-17)24-2)13-6-8-14(19)9-7-13/h6-9,12H,3-5,10H2,1-2H3/t12-/m0/s1. The Hall–Kier alpha value is -1.77. The van der Waals surface area contributed by atoms with Crippen LogP contribution in [0.4, 0.5) is 5.82 Å². The van der Waals surface area contributed by atoms with Crippen LogP contribution in [0.15, 0.2) is 29.4 Å². The molecule has 1 aliphatic rings. The van der Waals surface area contributed by atoms with Crippen molar-refractivity contribution in [2.24, 2.45) is 0 Å². The number of nitriles is 1. The Balaban J connectivity index is 2.17. The van der Waals surface area contributed by atoms with E-state index in [1.807, 2.05) is 30.5 Å². The van der Waals surface area contributed by atoms with E-state index in [-0.39, 0.29) is 0 Å². The van der Waals surface area contributed by atoms with Crippen molar-refractivity contribution in [2.45, 2.75) is 37.4 Å². The van der Waals surface area contributed by atoms with Gasteiger partial charge in [-0.25, -0.2) is 9.97 Å². The summed E-state index contributed by atoms with van der Waals surface area (Å²) in [7, 11) is 0. The van der Waals surface area contributed by atoms with Crippen LogP contribution in [0.2, 0.25) is 5.02 Å². The van der Waals surface area contributed by atoms with E-state index in [4.69, 9.17) is 11.6 Å². The van der Waals surface area contributed by atoms with Gasteiger partial charge in [0.05, 0.1) is 5.69 Å². The third kappa shape index (κ3) is 3.35. The largest absolute Gasteiger partial charge is 0.353 e. The number of thioether (sulfide) groups is 1. The minimum Gasteiger partial charge on any atom is -0.353 e. The third-order valence-electron chi connectivity index (χ3n) is 4.36. The summed E-state index contributed by atoms with van der Waals surface area (Å²) >= 11 is 7.49. The maximum atomic E-state index is 9.81. The summed E-state index contributed by atoms with van der Waals surface area (Å²) in [5.41, 5.74) is 2.12. The number of halogens is 1. The molecule has 1 aliphatic heterocycles. The van der Waals surface area contributed by atoms with Gasteiger partial charge in [0.1, 0.15) is 11.6 Å². The van der Waals surface area contributed by atoms with Crippen LogP contribution in [0.5, 0.6) is 0 Å². The average Bonchev–Trinajstić information content (AvgIpc) is 2.61. The van der Waals surface area contributed by atoms with Crippen molar-refractivity contribution in [3.05, 3.63) is 34.9 Å². The van der Waals surface area contributed by atoms with Gasteiger partial charge >= 0.3 is 0 Å². The van der Waals surface area contributed by atoms with Crippen LogP contribution < -0.4 is 4.90 Å². The minimum atomic E-state index is 0.383. The van der Waals surface area contributed by atoms with Crippen molar-refractivity contribution in [1.82, 2.24) is 9.97 Å². The Morgan fingerprint density at radius 1 is 1.25 bits per heavy atom. The fourth-order valence-electron chi connectivity index (χ4n) is 3.06. The summed E-state index contributed by atoms with van der Waals surface area (Å²) < 4.78 is 0. The van der Waals surface area contributed by atoms with Gasteiger partial charge in [-0.3, -0.25) is 0 Å². The molecule has 1 atom stereocenters. The molecule has 0 amide bonds. The fraction of sp³-hybridized carbons (Fsp3) is 0.389. The summed E-state index contributed by atoms with van der Waals surface area (Å²) in [4.78, 5) is 11.5. The molecule has 0 bridgehead atoms. The second-order valence-corrected chi connectivity index (χ2v) is 7.12. The first-order valence-electron chi connectivity index (χ1n) is 8.02. The molecule has 0 spiro atoms. The molecule has 0 unspecified atom stereocenters. The van der Waals surface area contributed by atoms with Gasteiger partial charge in [0.2, 0.25) is 0 Å². The molecule has 124 valence electrons. The lowest BCUT2D eigenvalue weighted by atomic mass is 10.0. The zero-order valence-corrected chi connectivity index (χ0v) is 15.4. The van der Waals surface area contributed by atoms with Gasteiger partial charge in [-0.05, 0) is 44.6 Å². The molecular weight excluding hydrogens is 340 g/mol. The van der Waals surface area contributed by atoms with Gasteiger partial charge in [0.25, 0.3) is 0 Å². The predicted molar refractivity (Wildman–Crippen MR) is 99.6 cm³/mol. The molecule has 0 aliphatic carbocycles. The smallest absolute Gasteiger partial charge is 0.189 e. The molecule has 4 nitrogen and oxygen atoms in total. The lowest BCUT2D eigenvalue weighted by Gasteiger charge is -2.35. The maximum Gasteiger partial charge on any atom is 0.189 e. The Kier molecular flexibility index (Phi) is 5.27. The third-order valence-corrected chi connectivity index (χ3v) is 5.16. The second kappa shape index (κ2) is 7.42. The van der Waals surface area contributed by atoms with Gasteiger partial charge in [0, 0.05) is 23.2 Å². The minimum absolute atomic E-state index is 0.383. The van der Waals surface area contributed by atoms with Crippen LogP contribution in [0, 0.1) is 11.3 Å². The van der Waals surface area contributed by atoms with E-state index < -0.39 is 0 Å². The van der Waals surface area contributed by atoms with E-state index in [1.54, 1.807) is 0 Å². The van der Waals surface area contributed by atoms with Gasteiger partial charge in [-0.2, -0.15) is 5.26 Å². The highest BCUT2D eigenvalue weighted by molar-refractivity contribution is 7.98. The van der Waals surface area contributed by atoms with Crippen LogP contribution in [0.3, 0.4) is 0 Å². The Bertz CT molecular complexity index is 770. The first kappa shape index (κ1) is 17.1. The van der Waals surface area contributed by atoms with E-state index in [0.717, 1.165) is 30.8 Å². The summed E-state index contributed by atoms with van der Waals surface area (Å²) in [6.45, 7) is 3.13. The zero-order chi connectivity index (χ0) is 17.1. The van der Waals surface area contributed by atoms with Crippen molar-refractivity contribution >= 4 is 29.2 Å². The van der Waals surface area contributed by atoms with Crippen LogP contribution in [-0.4, -0.2) is 28.8 Å². The van der Waals surface area contributed by atoms with Crippen LogP contribution in [0.1, 0.15) is 31.7 Å². The number of hydrogen-bond acceptors (Lipinski definition) is 5. The molecule has 24 heavy (non-hydrogen) atoms. The van der Waals surface area contributed by atoms with Crippen molar-refractivity contribution in [3.8, 4) is 17.3 Å². The van der Waals surface area contributed by atoms with E-state index in [0.29, 0.717) is 27.5 Å². The molecular formula is C18H19ClN4S. The van der Waals surface area contributed by atoms with E-state index in [1.165, 1.54) is 18.2 Å². The van der Waals surface area contributed by atoms with Crippen LogP contribution in [-0.2, 0) is 0 Å². The SMILES string of the molecule is CSc1nc(-c2ccc(Cl)cc2)c(C#N)c(N2CCCC[C@@H]2C)n1. The van der Waals surface area contributed by atoms with Gasteiger partial charge in [-0.15, -0.1) is 0 Å².